The van der Waals surface area contributed by atoms with Crippen LogP contribution in [0.3, 0.4) is 0 Å². The number of nitrogens with one attached hydrogen (secondary N) is 1. The van der Waals surface area contributed by atoms with Crippen LogP contribution in [0.4, 0.5) is 11.4 Å². The lowest BCUT2D eigenvalue weighted by atomic mass is 10.2. The van der Waals surface area contributed by atoms with Gasteiger partial charge in [-0.1, -0.05) is 0 Å². The summed E-state index contributed by atoms with van der Waals surface area (Å²) in [4.78, 5) is 14.5. The zero-order valence-electron chi connectivity index (χ0n) is 9.44. The maximum Gasteiger partial charge on any atom is 0.300 e. The molecule has 1 N–H and O–H groups in total. The molecule has 0 aliphatic heterocycles. The van der Waals surface area contributed by atoms with Crippen molar-refractivity contribution in [1.82, 2.24) is 15.3 Å². The van der Waals surface area contributed by atoms with Gasteiger partial charge in [0.25, 0.3) is 0 Å². The summed E-state index contributed by atoms with van der Waals surface area (Å²) in [5.74, 6) is 0. The van der Waals surface area contributed by atoms with E-state index in [0.717, 1.165) is 5.01 Å². The minimum Gasteiger partial charge on any atom is -0.377 e. The molecule has 2 heterocycles. The quantitative estimate of drug-likeness (QED) is 0.575. The van der Waals surface area contributed by atoms with Crippen LogP contribution in [0.1, 0.15) is 5.01 Å². The Bertz CT molecular complexity index is 724. The number of non-ortho nitro benzene ring substituents is 1. The van der Waals surface area contributed by atoms with Crippen molar-refractivity contribution in [1.29, 1.82) is 0 Å². The van der Waals surface area contributed by atoms with Gasteiger partial charge in [-0.2, -0.15) is 0 Å². The Kier molecular flexibility index (Phi) is 2.80. The Balaban J connectivity index is 1.94. The third-order valence-corrected chi connectivity index (χ3v) is 3.28. The molecule has 8 nitrogen and oxygen atoms in total. The van der Waals surface area contributed by atoms with E-state index in [1.54, 1.807) is 12.3 Å². The van der Waals surface area contributed by atoms with Crippen LogP contribution in [-0.4, -0.2) is 20.2 Å². The molecule has 0 unspecified atom stereocenters. The van der Waals surface area contributed by atoms with E-state index >= 15 is 0 Å². The van der Waals surface area contributed by atoms with E-state index in [0.29, 0.717) is 17.7 Å². The fraction of sp³-hybridized carbons (Fsp3) is 0.100. The Morgan fingerprint density at radius 3 is 2.95 bits per heavy atom. The molecule has 0 fully saturated rings. The number of thiazole rings is 1. The Hall–Kier alpha value is -2.55. The minimum absolute atomic E-state index is 0.129. The Labute approximate surface area is 110 Å². The van der Waals surface area contributed by atoms with Crippen molar-refractivity contribution in [3.05, 3.63) is 38.8 Å². The highest BCUT2D eigenvalue weighted by Gasteiger charge is 2.19. The number of hydrogen-bond donors (Lipinski definition) is 1. The number of nitro benzene ring substituents is 1. The SMILES string of the molecule is O=[N+]([O-])c1ccc(NCc2nccs2)c2nonc12. The second-order valence-electron chi connectivity index (χ2n) is 3.63. The van der Waals surface area contributed by atoms with Gasteiger partial charge in [0, 0.05) is 17.6 Å². The lowest BCUT2D eigenvalue weighted by Gasteiger charge is -2.03. The summed E-state index contributed by atoms with van der Waals surface area (Å²) in [6.07, 6.45) is 1.71. The van der Waals surface area contributed by atoms with Gasteiger partial charge in [0.1, 0.15) is 5.01 Å². The molecular formula is C10H7N5O3S. The number of hydrogen-bond acceptors (Lipinski definition) is 8. The van der Waals surface area contributed by atoms with Crippen molar-refractivity contribution in [2.75, 3.05) is 5.32 Å². The summed E-state index contributed by atoms with van der Waals surface area (Å²) < 4.78 is 4.58. The molecule has 0 radical (unpaired) electrons. The van der Waals surface area contributed by atoms with Gasteiger partial charge in [0.05, 0.1) is 17.2 Å². The van der Waals surface area contributed by atoms with Gasteiger partial charge in [-0.25, -0.2) is 9.61 Å². The molecule has 96 valence electrons. The van der Waals surface area contributed by atoms with Crippen LogP contribution in [0.15, 0.2) is 28.3 Å². The highest BCUT2D eigenvalue weighted by molar-refractivity contribution is 7.09. The summed E-state index contributed by atoms with van der Waals surface area (Å²) in [7, 11) is 0. The molecule has 2 aromatic heterocycles. The first-order valence-electron chi connectivity index (χ1n) is 5.27. The van der Waals surface area contributed by atoms with E-state index in [2.05, 4.69) is 25.2 Å². The predicted molar refractivity (Wildman–Crippen MR) is 67.9 cm³/mol. The van der Waals surface area contributed by atoms with Crippen LogP contribution in [0, 0.1) is 10.1 Å². The van der Waals surface area contributed by atoms with Crippen LogP contribution >= 0.6 is 11.3 Å². The molecule has 0 aliphatic carbocycles. The maximum atomic E-state index is 10.8. The fourth-order valence-electron chi connectivity index (χ4n) is 1.65. The van der Waals surface area contributed by atoms with Crippen molar-refractivity contribution < 1.29 is 9.55 Å². The predicted octanol–water partition coefficient (Wildman–Crippen LogP) is 2.20. The number of fused-ring (bicyclic) bond motifs is 1. The van der Waals surface area contributed by atoms with E-state index in [-0.39, 0.29) is 11.2 Å². The number of aromatic nitrogens is 3. The number of nitro groups is 1. The first kappa shape index (κ1) is 11.5. The largest absolute Gasteiger partial charge is 0.377 e. The summed E-state index contributed by atoms with van der Waals surface area (Å²) in [5, 5.41) is 24.0. The van der Waals surface area contributed by atoms with E-state index in [1.807, 2.05) is 5.38 Å². The molecule has 0 saturated heterocycles. The second kappa shape index (κ2) is 4.61. The lowest BCUT2D eigenvalue weighted by molar-refractivity contribution is -0.383. The highest BCUT2D eigenvalue weighted by Crippen LogP contribution is 2.28. The normalized spacial score (nSPS) is 10.7. The van der Waals surface area contributed by atoms with Crippen LogP contribution in [0.2, 0.25) is 0 Å². The number of benzene rings is 1. The second-order valence-corrected chi connectivity index (χ2v) is 4.61. The van der Waals surface area contributed by atoms with Crippen molar-refractivity contribution in [2.45, 2.75) is 6.54 Å². The summed E-state index contributed by atoms with van der Waals surface area (Å²) in [6, 6.07) is 2.95. The zero-order valence-corrected chi connectivity index (χ0v) is 10.3. The monoisotopic (exact) mass is 277 g/mol. The fourth-order valence-corrected chi connectivity index (χ4v) is 2.21. The van der Waals surface area contributed by atoms with Gasteiger partial charge >= 0.3 is 5.69 Å². The molecule has 0 bridgehead atoms. The Morgan fingerprint density at radius 1 is 1.37 bits per heavy atom. The van der Waals surface area contributed by atoms with Gasteiger partial charge in [0.15, 0.2) is 5.52 Å². The molecule has 1 aromatic carbocycles. The van der Waals surface area contributed by atoms with Crippen LogP contribution in [0.25, 0.3) is 11.0 Å². The molecule has 3 rings (SSSR count). The lowest BCUT2D eigenvalue weighted by Crippen LogP contribution is -2.00. The molecule has 3 aromatic rings. The average molecular weight is 277 g/mol. The molecule has 0 saturated carbocycles. The van der Waals surface area contributed by atoms with Crippen LogP contribution in [0.5, 0.6) is 0 Å². The molecule has 19 heavy (non-hydrogen) atoms. The minimum atomic E-state index is -0.517. The van der Waals surface area contributed by atoms with Gasteiger partial charge in [-0.15, -0.1) is 11.3 Å². The molecule has 0 spiro atoms. The topological polar surface area (TPSA) is 107 Å². The average Bonchev–Trinajstić information content (AvgIpc) is 3.06. The Morgan fingerprint density at radius 2 is 2.21 bits per heavy atom. The number of rotatable bonds is 4. The summed E-state index contributed by atoms with van der Waals surface area (Å²) in [5.41, 5.74) is 0.966. The van der Waals surface area contributed by atoms with Gasteiger partial charge < -0.3 is 5.32 Å². The maximum absolute atomic E-state index is 10.8. The van der Waals surface area contributed by atoms with Gasteiger partial charge in [0.2, 0.25) is 5.52 Å². The molecule has 0 atom stereocenters. The van der Waals surface area contributed by atoms with Crippen molar-refractivity contribution in [3.8, 4) is 0 Å². The number of nitrogens with zero attached hydrogens (tertiary/aromatic N) is 4. The van der Waals surface area contributed by atoms with Crippen LogP contribution in [-0.2, 0) is 6.54 Å². The van der Waals surface area contributed by atoms with Gasteiger partial charge in [-0.3, -0.25) is 10.1 Å². The standard InChI is InChI=1S/C10H7N5O3S/c16-15(17)7-2-1-6(9-10(7)14-18-13-9)12-5-8-11-3-4-19-8/h1-4,12H,5H2. The van der Waals surface area contributed by atoms with Crippen molar-refractivity contribution >= 4 is 33.7 Å². The number of anilines is 1. The van der Waals surface area contributed by atoms with E-state index in [1.165, 1.54) is 17.4 Å². The third kappa shape index (κ3) is 2.10. The summed E-state index contributed by atoms with van der Waals surface area (Å²) in [6.45, 7) is 0.511. The smallest absolute Gasteiger partial charge is 0.300 e. The third-order valence-electron chi connectivity index (χ3n) is 2.50. The highest BCUT2D eigenvalue weighted by atomic mass is 32.1. The summed E-state index contributed by atoms with van der Waals surface area (Å²) >= 11 is 1.52. The molecular weight excluding hydrogens is 270 g/mol. The van der Waals surface area contributed by atoms with Crippen molar-refractivity contribution in [3.63, 3.8) is 0 Å². The van der Waals surface area contributed by atoms with Gasteiger partial charge in [-0.05, 0) is 16.4 Å². The first-order chi connectivity index (χ1) is 9.25. The zero-order chi connectivity index (χ0) is 13.2. The van der Waals surface area contributed by atoms with Crippen molar-refractivity contribution in [2.24, 2.45) is 0 Å². The molecule has 9 heteroatoms. The van der Waals surface area contributed by atoms with E-state index in [9.17, 15) is 10.1 Å². The van der Waals surface area contributed by atoms with Crippen LogP contribution < -0.4 is 5.32 Å². The first-order valence-corrected chi connectivity index (χ1v) is 6.15. The van der Waals surface area contributed by atoms with E-state index in [4.69, 9.17) is 0 Å². The van der Waals surface area contributed by atoms with E-state index < -0.39 is 4.92 Å². The molecule has 0 aliphatic rings. The molecule has 0 amide bonds.